The van der Waals surface area contributed by atoms with Crippen LogP contribution in [0.1, 0.15) is 37.2 Å². The molecule has 4 aliphatic heterocycles. The van der Waals surface area contributed by atoms with Crippen molar-refractivity contribution in [3.8, 4) is 0 Å². The summed E-state index contributed by atoms with van der Waals surface area (Å²) in [7, 11) is 0. The van der Waals surface area contributed by atoms with Gasteiger partial charge in [0.25, 0.3) is 0 Å². The molecule has 1 aliphatic carbocycles. The van der Waals surface area contributed by atoms with Crippen LogP contribution in [0, 0.1) is 17.2 Å². The van der Waals surface area contributed by atoms with Gasteiger partial charge in [-0.2, -0.15) is 0 Å². The maximum absolute atomic E-state index is 13.4. The molecule has 1 aromatic rings. The minimum atomic E-state index is -0.964. The fraction of sp³-hybridized carbons (Fsp3) is 0.600. The van der Waals surface area contributed by atoms with Crippen LogP contribution in [0.5, 0.6) is 0 Å². The summed E-state index contributed by atoms with van der Waals surface area (Å²) < 4.78 is 13.4. The van der Waals surface area contributed by atoms with Crippen molar-refractivity contribution in [3.05, 3.63) is 35.6 Å². The van der Waals surface area contributed by atoms with Crippen LogP contribution in [0.4, 0.5) is 4.39 Å². The van der Waals surface area contributed by atoms with Gasteiger partial charge in [-0.15, -0.1) is 0 Å². The number of benzene rings is 1. The Bertz CT molecular complexity index is 753. The lowest BCUT2D eigenvalue weighted by Crippen LogP contribution is -2.61. The standard InChI is InChI=1S/C20H24FN3O2/c21-14-3-1-12(2-4-14)15-11-24(19(26)20(7-8-20)18(22)25)16-13-5-9-23(10-6-13)17(15)16/h1-4,13,15-17H,5-11H2,(H2,22,25)/t15-,16+,17+/m0/s1. The van der Waals surface area contributed by atoms with Gasteiger partial charge in [-0.1, -0.05) is 12.1 Å². The largest absolute Gasteiger partial charge is 0.369 e. The average Bonchev–Trinajstić information content (AvgIpc) is 3.37. The average molecular weight is 357 g/mol. The highest BCUT2D eigenvalue weighted by atomic mass is 19.1. The maximum atomic E-state index is 13.4. The summed E-state index contributed by atoms with van der Waals surface area (Å²) >= 11 is 0. The van der Waals surface area contributed by atoms with E-state index in [2.05, 4.69) is 4.90 Å². The molecule has 3 atom stereocenters. The summed E-state index contributed by atoms with van der Waals surface area (Å²) in [6.07, 6.45) is 3.35. The quantitative estimate of drug-likeness (QED) is 0.834. The Morgan fingerprint density at radius 2 is 1.73 bits per heavy atom. The second-order valence-electron chi connectivity index (χ2n) is 8.42. The molecule has 2 amide bonds. The molecule has 26 heavy (non-hydrogen) atoms. The van der Waals surface area contributed by atoms with Gasteiger partial charge in [-0.05, 0) is 62.4 Å². The van der Waals surface area contributed by atoms with Crippen LogP contribution in [-0.4, -0.2) is 53.3 Å². The van der Waals surface area contributed by atoms with Crippen molar-refractivity contribution >= 4 is 11.8 Å². The second kappa shape index (κ2) is 5.52. The number of piperidine rings is 3. The molecule has 0 radical (unpaired) electrons. The summed E-state index contributed by atoms with van der Waals surface area (Å²) in [5, 5.41) is 0. The molecule has 4 saturated heterocycles. The first-order chi connectivity index (χ1) is 12.5. The summed E-state index contributed by atoms with van der Waals surface area (Å²) in [6, 6.07) is 7.09. The number of carbonyl (C=O) groups excluding carboxylic acids is 2. The minimum absolute atomic E-state index is 0.0710. The molecule has 4 heterocycles. The van der Waals surface area contributed by atoms with E-state index in [-0.39, 0.29) is 29.7 Å². The van der Waals surface area contributed by atoms with Gasteiger partial charge in [-0.25, -0.2) is 4.39 Å². The number of amides is 2. The monoisotopic (exact) mass is 357 g/mol. The molecule has 0 aromatic heterocycles. The maximum Gasteiger partial charge on any atom is 0.238 e. The molecule has 138 valence electrons. The molecule has 2 N–H and O–H groups in total. The molecule has 5 nitrogen and oxygen atoms in total. The first-order valence-corrected chi connectivity index (χ1v) is 9.62. The normalized spacial score (nSPS) is 36.7. The van der Waals surface area contributed by atoms with Crippen LogP contribution in [-0.2, 0) is 9.59 Å². The van der Waals surface area contributed by atoms with Crippen LogP contribution in [0.25, 0.3) is 0 Å². The topological polar surface area (TPSA) is 66.6 Å². The zero-order chi connectivity index (χ0) is 18.1. The van der Waals surface area contributed by atoms with E-state index in [9.17, 15) is 14.0 Å². The van der Waals surface area contributed by atoms with Crippen LogP contribution < -0.4 is 5.73 Å². The highest BCUT2D eigenvalue weighted by Crippen LogP contribution is 2.52. The van der Waals surface area contributed by atoms with Crippen molar-refractivity contribution in [3.63, 3.8) is 0 Å². The van der Waals surface area contributed by atoms with Crippen LogP contribution in [0.3, 0.4) is 0 Å². The third-order valence-electron chi connectivity index (χ3n) is 7.18. The van der Waals surface area contributed by atoms with Gasteiger partial charge in [0.1, 0.15) is 11.2 Å². The van der Waals surface area contributed by atoms with Gasteiger partial charge in [0.2, 0.25) is 11.8 Å². The van der Waals surface area contributed by atoms with Crippen LogP contribution >= 0.6 is 0 Å². The molecule has 0 unspecified atom stereocenters. The smallest absolute Gasteiger partial charge is 0.238 e. The molecule has 5 aliphatic rings. The van der Waals surface area contributed by atoms with E-state index in [4.69, 9.17) is 5.73 Å². The van der Waals surface area contributed by atoms with Crippen molar-refractivity contribution in [2.45, 2.75) is 43.7 Å². The fourth-order valence-electron chi connectivity index (χ4n) is 5.62. The molecule has 6 heteroatoms. The van der Waals surface area contributed by atoms with Gasteiger partial charge in [0, 0.05) is 18.5 Å². The predicted molar refractivity (Wildman–Crippen MR) is 93.6 cm³/mol. The summed E-state index contributed by atoms with van der Waals surface area (Å²) in [4.78, 5) is 29.7. The zero-order valence-corrected chi connectivity index (χ0v) is 14.7. The lowest BCUT2D eigenvalue weighted by molar-refractivity contribution is -0.146. The van der Waals surface area contributed by atoms with Crippen molar-refractivity contribution < 1.29 is 14.0 Å². The summed E-state index contributed by atoms with van der Waals surface area (Å²) in [6.45, 7) is 2.72. The van der Waals surface area contributed by atoms with E-state index in [1.807, 2.05) is 17.0 Å². The van der Waals surface area contributed by atoms with Gasteiger partial charge >= 0.3 is 0 Å². The van der Waals surface area contributed by atoms with Crippen molar-refractivity contribution in [2.24, 2.45) is 17.1 Å². The molecule has 6 rings (SSSR count). The van der Waals surface area contributed by atoms with E-state index >= 15 is 0 Å². The van der Waals surface area contributed by atoms with E-state index in [1.54, 1.807) is 0 Å². The highest BCUT2D eigenvalue weighted by Gasteiger charge is 2.62. The number of nitrogens with two attached hydrogens (primary N) is 1. The SMILES string of the molecule is NC(=O)C1(C(=O)N2C[C@@H](c3ccc(F)cc3)[C@@H]3[C@H]2C2CCN3CC2)CC1. The number of likely N-dealkylation sites (tertiary alicyclic amines) is 1. The number of rotatable bonds is 3. The molecule has 0 spiro atoms. The molecular formula is C20H24FN3O2. The van der Waals surface area contributed by atoms with E-state index < -0.39 is 11.3 Å². The fourth-order valence-corrected chi connectivity index (χ4v) is 5.62. The van der Waals surface area contributed by atoms with Crippen LogP contribution in [0.2, 0.25) is 0 Å². The Morgan fingerprint density at radius 1 is 1.08 bits per heavy atom. The molecule has 1 aromatic carbocycles. The lowest BCUT2D eigenvalue weighted by Gasteiger charge is -2.51. The Morgan fingerprint density at radius 3 is 2.31 bits per heavy atom. The number of fused-ring (bicyclic) bond motifs is 2. The third-order valence-corrected chi connectivity index (χ3v) is 7.18. The first kappa shape index (κ1) is 16.2. The second-order valence-corrected chi connectivity index (χ2v) is 8.42. The number of halogens is 1. The lowest BCUT2D eigenvalue weighted by atomic mass is 9.75. The minimum Gasteiger partial charge on any atom is -0.369 e. The Labute approximate surface area is 152 Å². The summed E-state index contributed by atoms with van der Waals surface area (Å²) in [5.74, 6) is -0.143. The molecule has 2 bridgehead atoms. The molecule has 1 saturated carbocycles. The van der Waals surface area contributed by atoms with Crippen molar-refractivity contribution in [2.75, 3.05) is 19.6 Å². The first-order valence-electron chi connectivity index (χ1n) is 9.62. The Kier molecular flexibility index (Phi) is 3.45. The predicted octanol–water partition coefficient (Wildman–Crippen LogP) is 1.48. The van der Waals surface area contributed by atoms with E-state index in [0.717, 1.165) is 31.5 Å². The van der Waals surface area contributed by atoms with Gasteiger partial charge in [-0.3, -0.25) is 14.5 Å². The van der Waals surface area contributed by atoms with Crippen molar-refractivity contribution in [1.82, 2.24) is 9.80 Å². The number of hydrogen-bond acceptors (Lipinski definition) is 3. The number of nitrogens with zero attached hydrogens (tertiary/aromatic N) is 2. The van der Waals surface area contributed by atoms with Crippen LogP contribution in [0.15, 0.2) is 24.3 Å². The number of primary amides is 1. The van der Waals surface area contributed by atoms with E-state index in [1.165, 1.54) is 12.1 Å². The number of carbonyl (C=O) groups is 2. The Hall–Kier alpha value is -1.95. The highest BCUT2D eigenvalue weighted by molar-refractivity contribution is 6.07. The molecule has 5 fully saturated rings. The van der Waals surface area contributed by atoms with Gasteiger partial charge in [0.15, 0.2) is 0 Å². The van der Waals surface area contributed by atoms with E-state index in [0.29, 0.717) is 25.3 Å². The van der Waals surface area contributed by atoms with Gasteiger partial charge in [0.05, 0.1) is 6.04 Å². The number of hydrogen-bond donors (Lipinski definition) is 1. The summed E-state index contributed by atoms with van der Waals surface area (Å²) in [5.41, 5.74) is 5.68. The van der Waals surface area contributed by atoms with Gasteiger partial charge < -0.3 is 10.6 Å². The zero-order valence-electron chi connectivity index (χ0n) is 14.7. The Balaban J connectivity index is 1.52. The van der Waals surface area contributed by atoms with Crippen molar-refractivity contribution in [1.29, 1.82) is 0 Å². The third kappa shape index (κ3) is 2.17. The molecular weight excluding hydrogens is 333 g/mol.